The van der Waals surface area contributed by atoms with Crippen LogP contribution in [0.3, 0.4) is 0 Å². The highest BCUT2D eigenvalue weighted by molar-refractivity contribution is 7.09. The summed E-state index contributed by atoms with van der Waals surface area (Å²) in [5.41, 5.74) is 2.73. The molecule has 1 aromatic heterocycles. The van der Waals surface area contributed by atoms with Crippen LogP contribution in [0.25, 0.3) is 0 Å². The van der Waals surface area contributed by atoms with E-state index in [1.165, 1.54) is 11.3 Å². The van der Waals surface area contributed by atoms with E-state index in [1.807, 2.05) is 32.0 Å². The number of carbonyl (C=O) groups excluding carboxylic acids is 2. The van der Waals surface area contributed by atoms with Gasteiger partial charge in [-0.15, -0.1) is 11.3 Å². The maximum absolute atomic E-state index is 12.1. The Bertz CT molecular complexity index is 823. The van der Waals surface area contributed by atoms with Crippen molar-refractivity contribution in [2.24, 2.45) is 0 Å². The fourth-order valence-electron chi connectivity index (χ4n) is 2.06. The van der Waals surface area contributed by atoms with Crippen molar-refractivity contribution in [1.82, 2.24) is 4.98 Å². The normalized spacial score (nSPS) is 11.4. The molecule has 0 saturated heterocycles. The first-order valence-corrected chi connectivity index (χ1v) is 8.49. The Hall–Kier alpha value is -2.72. The summed E-state index contributed by atoms with van der Waals surface area (Å²) in [4.78, 5) is 28.0. The number of rotatable bonds is 7. The highest BCUT2D eigenvalue weighted by Gasteiger charge is 2.24. The number of nitriles is 1. The van der Waals surface area contributed by atoms with E-state index in [0.717, 1.165) is 16.8 Å². The Morgan fingerprint density at radius 1 is 1.28 bits per heavy atom. The van der Waals surface area contributed by atoms with Crippen molar-refractivity contribution < 1.29 is 19.1 Å². The van der Waals surface area contributed by atoms with E-state index in [4.69, 9.17) is 14.7 Å². The van der Waals surface area contributed by atoms with Crippen LogP contribution in [0.15, 0.2) is 23.6 Å². The van der Waals surface area contributed by atoms with Crippen molar-refractivity contribution >= 4 is 23.1 Å². The molecule has 0 aliphatic rings. The van der Waals surface area contributed by atoms with Gasteiger partial charge in [-0.1, -0.05) is 12.1 Å². The second-order valence-electron chi connectivity index (χ2n) is 5.50. The first kappa shape index (κ1) is 18.6. The molecule has 0 fully saturated rings. The molecule has 0 amide bonds. The smallest absolute Gasteiger partial charge is 0.344 e. The number of nitrogens with zero attached hydrogens (tertiary/aromatic N) is 2. The third-order valence-corrected chi connectivity index (χ3v) is 4.64. The van der Waals surface area contributed by atoms with Gasteiger partial charge in [0.05, 0.1) is 6.07 Å². The van der Waals surface area contributed by atoms with Gasteiger partial charge in [-0.05, 0) is 38.0 Å². The van der Waals surface area contributed by atoms with Crippen LogP contribution >= 0.6 is 11.3 Å². The van der Waals surface area contributed by atoms with Gasteiger partial charge in [-0.3, -0.25) is 4.79 Å². The lowest BCUT2D eigenvalue weighted by molar-refractivity contribution is -0.150. The van der Waals surface area contributed by atoms with Crippen LogP contribution in [0.1, 0.15) is 27.7 Å². The number of ether oxygens (including phenoxy) is 2. The Labute approximate surface area is 150 Å². The Morgan fingerprint density at radius 2 is 2.04 bits per heavy atom. The molecule has 0 N–H and O–H groups in total. The molecule has 0 aliphatic carbocycles. The number of benzene rings is 1. The molecule has 0 aliphatic heterocycles. The van der Waals surface area contributed by atoms with Crippen LogP contribution in [-0.2, 0) is 14.3 Å². The zero-order chi connectivity index (χ0) is 18.4. The molecule has 2 rings (SSSR count). The van der Waals surface area contributed by atoms with Crippen molar-refractivity contribution in [2.75, 3.05) is 13.2 Å². The number of aryl methyl sites for hydroxylation is 2. The molecular weight excluding hydrogens is 340 g/mol. The molecule has 1 atom stereocenters. The highest BCUT2D eigenvalue weighted by Crippen LogP contribution is 2.21. The summed E-state index contributed by atoms with van der Waals surface area (Å²) in [6.45, 7) is 4.84. The van der Waals surface area contributed by atoms with Gasteiger partial charge in [0, 0.05) is 11.1 Å². The van der Waals surface area contributed by atoms with E-state index in [9.17, 15) is 9.59 Å². The fourth-order valence-corrected chi connectivity index (χ4v) is 2.92. The summed E-state index contributed by atoms with van der Waals surface area (Å²) in [6.07, 6.45) is 0. The maximum atomic E-state index is 12.1. The fraction of sp³-hybridized carbons (Fsp3) is 0.333. The minimum Gasteiger partial charge on any atom is -0.482 e. The minimum absolute atomic E-state index is 0.300. The Morgan fingerprint density at radius 3 is 2.68 bits per heavy atom. The van der Waals surface area contributed by atoms with Gasteiger partial charge in [0.25, 0.3) is 0 Å². The number of ketones is 1. The van der Waals surface area contributed by atoms with Gasteiger partial charge in [-0.2, -0.15) is 5.26 Å². The molecule has 0 bridgehead atoms. The zero-order valence-corrected chi connectivity index (χ0v) is 15.1. The number of esters is 1. The third-order valence-electron chi connectivity index (χ3n) is 3.61. The molecule has 1 aromatic carbocycles. The molecule has 2 aromatic rings. The van der Waals surface area contributed by atoms with Crippen LogP contribution in [0.5, 0.6) is 5.75 Å². The predicted molar refractivity (Wildman–Crippen MR) is 92.6 cm³/mol. The summed E-state index contributed by atoms with van der Waals surface area (Å²) in [6, 6.07) is 7.44. The molecule has 7 heteroatoms. The summed E-state index contributed by atoms with van der Waals surface area (Å²) >= 11 is 1.24. The quantitative estimate of drug-likeness (QED) is 0.707. The van der Waals surface area contributed by atoms with Crippen molar-refractivity contribution in [3.8, 4) is 11.8 Å². The van der Waals surface area contributed by atoms with Gasteiger partial charge in [0.1, 0.15) is 10.8 Å². The van der Waals surface area contributed by atoms with Gasteiger partial charge in [0.2, 0.25) is 0 Å². The van der Waals surface area contributed by atoms with Crippen LogP contribution in [0.2, 0.25) is 0 Å². The Balaban J connectivity index is 1.86. The van der Waals surface area contributed by atoms with E-state index in [1.54, 1.807) is 18.4 Å². The van der Waals surface area contributed by atoms with Crippen LogP contribution < -0.4 is 4.74 Å². The monoisotopic (exact) mass is 358 g/mol. The largest absolute Gasteiger partial charge is 0.482 e. The first-order valence-electron chi connectivity index (χ1n) is 7.61. The lowest BCUT2D eigenvalue weighted by Gasteiger charge is -2.11. The second kappa shape index (κ2) is 8.40. The maximum Gasteiger partial charge on any atom is 0.344 e. The van der Waals surface area contributed by atoms with Crippen LogP contribution in [0.4, 0.5) is 0 Å². The lowest BCUT2D eigenvalue weighted by atomic mass is 10.1. The number of thiazole rings is 1. The lowest BCUT2D eigenvalue weighted by Crippen LogP contribution is -2.23. The molecule has 25 heavy (non-hydrogen) atoms. The standard InChI is InChI=1S/C18H18N2O4S/c1-11-5-4-6-16(13(11)3)23-9-17(22)24-8-15(21)14(7-19)18-20-12(2)10-25-18/h4-6,10,14H,8-9H2,1-3H3/t14-/m0/s1. The number of carbonyl (C=O) groups is 2. The SMILES string of the molecule is Cc1csc([C@@H](C#N)C(=O)COC(=O)COc2cccc(C)c2C)n1. The molecule has 0 spiro atoms. The molecule has 6 nitrogen and oxygen atoms in total. The molecule has 0 radical (unpaired) electrons. The molecule has 0 unspecified atom stereocenters. The van der Waals surface area contributed by atoms with Crippen molar-refractivity contribution in [3.05, 3.63) is 45.4 Å². The number of hydrogen-bond acceptors (Lipinski definition) is 7. The average Bonchev–Trinajstić information content (AvgIpc) is 3.01. The molecule has 130 valence electrons. The van der Waals surface area contributed by atoms with Gasteiger partial charge >= 0.3 is 5.97 Å². The van der Waals surface area contributed by atoms with E-state index in [0.29, 0.717) is 10.8 Å². The number of aromatic nitrogens is 1. The van der Waals surface area contributed by atoms with Crippen molar-refractivity contribution in [3.63, 3.8) is 0 Å². The number of Topliss-reactive ketones (excluding diaryl/α,β-unsaturated/α-hetero) is 1. The van der Waals surface area contributed by atoms with Gasteiger partial charge < -0.3 is 9.47 Å². The van der Waals surface area contributed by atoms with Crippen LogP contribution in [0, 0.1) is 32.1 Å². The second-order valence-corrected chi connectivity index (χ2v) is 6.39. The Kier molecular flexibility index (Phi) is 6.25. The van der Waals surface area contributed by atoms with Crippen molar-refractivity contribution in [1.29, 1.82) is 5.26 Å². The van der Waals surface area contributed by atoms with Crippen LogP contribution in [-0.4, -0.2) is 30.0 Å². The average molecular weight is 358 g/mol. The predicted octanol–water partition coefficient (Wildman–Crippen LogP) is 2.87. The number of hydrogen-bond donors (Lipinski definition) is 0. The van der Waals surface area contributed by atoms with Gasteiger partial charge in [0.15, 0.2) is 24.9 Å². The van der Waals surface area contributed by atoms with E-state index in [2.05, 4.69) is 4.98 Å². The third kappa shape index (κ3) is 4.88. The van der Waals surface area contributed by atoms with E-state index >= 15 is 0 Å². The highest BCUT2D eigenvalue weighted by atomic mass is 32.1. The first-order chi connectivity index (χ1) is 11.9. The summed E-state index contributed by atoms with van der Waals surface area (Å²) in [5, 5.41) is 11.3. The minimum atomic E-state index is -1.02. The summed E-state index contributed by atoms with van der Waals surface area (Å²) in [7, 11) is 0. The van der Waals surface area contributed by atoms with Crippen molar-refractivity contribution in [2.45, 2.75) is 26.7 Å². The topological polar surface area (TPSA) is 89.3 Å². The molecule has 1 heterocycles. The molecule has 0 saturated carbocycles. The summed E-state index contributed by atoms with van der Waals surface area (Å²) in [5.74, 6) is -1.60. The van der Waals surface area contributed by atoms with E-state index in [-0.39, 0.29) is 6.61 Å². The zero-order valence-electron chi connectivity index (χ0n) is 14.2. The summed E-state index contributed by atoms with van der Waals surface area (Å²) < 4.78 is 10.3. The molecular formula is C18H18N2O4S. The van der Waals surface area contributed by atoms with E-state index < -0.39 is 24.3 Å². The van der Waals surface area contributed by atoms with Gasteiger partial charge in [-0.25, -0.2) is 9.78 Å².